The molecule has 1 aromatic rings. The Morgan fingerprint density at radius 3 is 2.92 bits per heavy atom. The minimum Gasteiger partial charge on any atom is -0.376 e. The van der Waals surface area contributed by atoms with Crippen molar-refractivity contribution in [1.29, 1.82) is 0 Å². The molecule has 1 amide bonds. The molecule has 0 saturated carbocycles. The number of morpholine rings is 1. The minimum absolute atomic E-state index is 0.0873. The molecular formula is C19H29N3O2. The predicted molar refractivity (Wildman–Crippen MR) is 94.5 cm³/mol. The smallest absolute Gasteiger partial charge is 0.223 e. The fourth-order valence-corrected chi connectivity index (χ4v) is 3.36. The third-order valence-electron chi connectivity index (χ3n) is 5.12. The summed E-state index contributed by atoms with van der Waals surface area (Å²) in [6.45, 7) is 10.4. The first-order valence-corrected chi connectivity index (χ1v) is 9.02. The third-order valence-corrected chi connectivity index (χ3v) is 5.12. The Labute approximate surface area is 144 Å². The number of hydrogen-bond donors (Lipinski definition) is 2. The molecule has 0 bridgehead atoms. The number of benzene rings is 1. The van der Waals surface area contributed by atoms with Gasteiger partial charge in [-0.3, -0.25) is 9.69 Å². The average molecular weight is 331 g/mol. The largest absolute Gasteiger partial charge is 0.376 e. The highest BCUT2D eigenvalue weighted by Gasteiger charge is 2.28. The number of amides is 1. The van der Waals surface area contributed by atoms with Crippen LogP contribution < -0.4 is 10.6 Å². The summed E-state index contributed by atoms with van der Waals surface area (Å²) in [5.41, 5.74) is 2.47. The van der Waals surface area contributed by atoms with E-state index in [1.807, 2.05) is 6.92 Å². The van der Waals surface area contributed by atoms with Crippen LogP contribution >= 0.6 is 0 Å². The van der Waals surface area contributed by atoms with Gasteiger partial charge in [-0.2, -0.15) is 0 Å². The van der Waals surface area contributed by atoms with E-state index in [1.165, 1.54) is 11.1 Å². The Bertz CT molecular complexity index is 559. The number of carbonyl (C=O) groups is 1. The van der Waals surface area contributed by atoms with Crippen LogP contribution in [-0.2, 0) is 22.6 Å². The van der Waals surface area contributed by atoms with E-state index in [0.29, 0.717) is 18.6 Å². The first-order chi connectivity index (χ1) is 11.6. The van der Waals surface area contributed by atoms with Gasteiger partial charge in [0.2, 0.25) is 5.91 Å². The highest BCUT2D eigenvalue weighted by atomic mass is 16.5. The predicted octanol–water partition coefficient (Wildman–Crippen LogP) is 1.38. The van der Waals surface area contributed by atoms with Crippen molar-refractivity contribution in [2.75, 3.05) is 32.8 Å². The lowest BCUT2D eigenvalue weighted by Gasteiger charge is -2.31. The Morgan fingerprint density at radius 1 is 1.42 bits per heavy atom. The van der Waals surface area contributed by atoms with Crippen LogP contribution in [0, 0.1) is 11.8 Å². The molecule has 132 valence electrons. The second kappa shape index (κ2) is 8.10. The van der Waals surface area contributed by atoms with Crippen LogP contribution in [0.15, 0.2) is 24.3 Å². The van der Waals surface area contributed by atoms with E-state index in [2.05, 4.69) is 46.7 Å². The zero-order valence-corrected chi connectivity index (χ0v) is 14.8. The summed E-state index contributed by atoms with van der Waals surface area (Å²) >= 11 is 0. The number of carbonyl (C=O) groups excluding carboxylic acids is 1. The van der Waals surface area contributed by atoms with Crippen LogP contribution in [0.3, 0.4) is 0 Å². The van der Waals surface area contributed by atoms with Gasteiger partial charge < -0.3 is 15.4 Å². The second-order valence-corrected chi connectivity index (χ2v) is 7.16. The van der Waals surface area contributed by atoms with Crippen LogP contribution in [0.1, 0.15) is 25.0 Å². The molecule has 2 atom stereocenters. The molecular weight excluding hydrogens is 302 g/mol. The first kappa shape index (κ1) is 17.4. The molecule has 3 rings (SSSR count). The monoisotopic (exact) mass is 331 g/mol. The molecule has 2 fully saturated rings. The average Bonchev–Trinajstić information content (AvgIpc) is 2.51. The summed E-state index contributed by atoms with van der Waals surface area (Å²) in [6, 6.07) is 8.53. The number of ether oxygens (including phenoxy) is 1. The Balaban J connectivity index is 1.50. The zero-order valence-electron chi connectivity index (χ0n) is 14.8. The molecule has 1 aromatic carbocycles. The van der Waals surface area contributed by atoms with Gasteiger partial charge in [-0.15, -0.1) is 0 Å². The maximum absolute atomic E-state index is 12.2. The Hall–Kier alpha value is -1.43. The summed E-state index contributed by atoms with van der Waals surface area (Å²) in [5, 5.41) is 6.31. The van der Waals surface area contributed by atoms with Crippen molar-refractivity contribution < 1.29 is 9.53 Å². The van der Waals surface area contributed by atoms with Gasteiger partial charge >= 0.3 is 0 Å². The standard InChI is InChI=1S/C19H29N3O2/c1-14-12-22(6-7-24-14)13-17-5-3-4-16(8-17)9-21-19(23)15(2)18-10-20-11-18/h3-5,8,14-15,18,20H,6-7,9-13H2,1-2H3,(H,21,23). The van der Waals surface area contributed by atoms with Crippen LogP contribution in [-0.4, -0.2) is 49.7 Å². The van der Waals surface area contributed by atoms with Gasteiger partial charge in [0.05, 0.1) is 12.7 Å². The molecule has 0 aliphatic carbocycles. The molecule has 5 heteroatoms. The minimum atomic E-state index is 0.0873. The number of nitrogens with zero attached hydrogens (tertiary/aromatic N) is 1. The molecule has 2 saturated heterocycles. The van der Waals surface area contributed by atoms with E-state index in [-0.39, 0.29) is 11.8 Å². The van der Waals surface area contributed by atoms with E-state index in [9.17, 15) is 4.79 Å². The van der Waals surface area contributed by atoms with E-state index in [0.717, 1.165) is 39.3 Å². The van der Waals surface area contributed by atoms with Crippen LogP contribution in [0.25, 0.3) is 0 Å². The van der Waals surface area contributed by atoms with Crippen molar-refractivity contribution in [3.63, 3.8) is 0 Å². The van der Waals surface area contributed by atoms with Crippen LogP contribution in [0.4, 0.5) is 0 Å². The molecule has 2 aliphatic rings. The van der Waals surface area contributed by atoms with Crippen molar-refractivity contribution in [3.8, 4) is 0 Å². The van der Waals surface area contributed by atoms with Gasteiger partial charge in [0.1, 0.15) is 0 Å². The molecule has 24 heavy (non-hydrogen) atoms. The van der Waals surface area contributed by atoms with E-state index >= 15 is 0 Å². The molecule has 5 nitrogen and oxygen atoms in total. The molecule has 0 spiro atoms. The quantitative estimate of drug-likeness (QED) is 0.827. The highest BCUT2D eigenvalue weighted by molar-refractivity contribution is 5.78. The molecule has 2 aliphatic heterocycles. The van der Waals surface area contributed by atoms with E-state index in [4.69, 9.17) is 4.74 Å². The summed E-state index contributed by atoms with van der Waals surface area (Å²) in [7, 11) is 0. The van der Waals surface area contributed by atoms with Crippen molar-refractivity contribution in [2.45, 2.75) is 33.0 Å². The van der Waals surface area contributed by atoms with Crippen molar-refractivity contribution in [3.05, 3.63) is 35.4 Å². The molecule has 0 aromatic heterocycles. The topological polar surface area (TPSA) is 53.6 Å². The lowest BCUT2D eigenvalue weighted by atomic mass is 9.88. The van der Waals surface area contributed by atoms with Crippen LogP contribution in [0.2, 0.25) is 0 Å². The van der Waals surface area contributed by atoms with Gasteiger partial charge in [0.25, 0.3) is 0 Å². The first-order valence-electron chi connectivity index (χ1n) is 9.02. The van der Waals surface area contributed by atoms with Gasteiger partial charge in [0.15, 0.2) is 0 Å². The molecule has 2 heterocycles. The lowest BCUT2D eigenvalue weighted by molar-refractivity contribution is -0.126. The number of rotatable bonds is 6. The fraction of sp³-hybridized carbons (Fsp3) is 0.632. The summed E-state index contributed by atoms with van der Waals surface area (Å²) < 4.78 is 5.60. The van der Waals surface area contributed by atoms with Crippen molar-refractivity contribution in [2.24, 2.45) is 11.8 Å². The molecule has 2 unspecified atom stereocenters. The molecule has 0 radical (unpaired) electrons. The fourth-order valence-electron chi connectivity index (χ4n) is 3.36. The molecule has 2 N–H and O–H groups in total. The number of nitrogens with one attached hydrogen (secondary N) is 2. The maximum atomic E-state index is 12.2. The zero-order chi connectivity index (χ0) is 16.9. The van der Waals surface area contributed by atoms with Crippen molar-refractivity contribution >= 4 is 5.91 Å². The second-order valence-electron chi connectivity index (χ2n) is 7.16. The highest BCUT2D eigenvalue weighted by Crippen LogP contribution is 2.16. The third kappa shape index (κ3) is 4.56. The van der Waals surface area contributed by atoms with E-state index in [1.54, 1.807) is 0 Å². The maximum Gasteiger partial charge on any atom is 0.223 e. The van der Waals surface area contributed by atoms with Crippen LogP contribution in [0.5, 0.6) is 0 Å². The normalized spacial score (nSPS) is 23.5. The van der Waals surface area contributed by atoms with Gasteiger partial charge in [-0.1, -0.05) is 31.2 Å². The summed E-state index contributed by atoms with van der Waals surface area (Å²) in [4.78, 5) is 14.7. The Kier molecular flexibility index (Phi) is 5.87. The summed E-state index contributed by atoms with van der Waals surface area (Å²) in [5.74, 6) is 0.734. The van der Waals surface area contributed by atoms with Gasteiger partial charge in [0, 0.05) is 32.1 Å². The van der Waals surface area contributed by atoms with E-state index < -0.39 is 0 Å². The van der Waals surface area contributed by atoms with Gasteiger partial charge in [-0.05, 0) is 37.1 Å². The lowest BCUT2D eigenvalue weighted by Crippen LogP contribution is -2.49. The number of hydrogen-bond acceptors (Lipinski definition) is 4. The van der Waals surface area contributed by atoms with Gasteiger partial charge in [-0.25, -0.2) is 0 Å². The summed E-state index contributed by atoms with van der Waals surface area (Å²) in [6.07, 6.45) is 0.309. The van der Waals surface area contributed by atoms with Crippen molar-refractivity contribution in [1.82, 2.24) is 15.5 Å². The Morgan fingerprint density at radius 2 is 2.21 bits per heavy atom. The SMILES string of the molecule is CC1CN(Cc2cccc(CNC(=O)C(C)C3CNC3)c2)CCO1.